The molecule has 0 saturated carbocycles. The van der Waals surface area contributed by atoms with Crippen LogP contribution in [-0.2, 0) is 21.4 Å². The Bertz CT molecular complexity index is 1270. The summed E-state index contributed by atoms with van der Waals surface area (Å²) in [5.74, 6) is 0.814. The lowest BCUT2D eigenvalue weighted by atomic mass is 10.1. The maximum absolute atomic E-state index is 13.4. The number of nitrogens with one attached hydrogen (secondary N) is 1. The van der Waals surface area contributed by atoms with Crippen LogP contribution < -0.4 is 23.8 Å². The van der Waals surface area contributed by atoms with Gasteiger partial charge in [-0.25, -0.2) is 8.42 Å². The quantitative estimate of drug-likeness (QED) is 0.432. The highest BCUT2D eigenvalue weighted by atomic mass is 35.5. The lowest BCUT2D eigenvalue weighted by molar-refractivity contribution is -0.119. The van der Waals surface area contributed by atoms with Crippen LogP contribution in [0.1, 0.15) is 11.1 Å². The number of aryl methyl sites for hydroxylation is 1. The molecule has 10 heteroatoms. The molecule has 0 radical (unpaired) electrons. The van der Waals surface area contributed by atoms with Crippen molar-refractivity contribution >= 4 is 33.2 Å². The van der Waals surface area contributed by atoms with E-state index in [1.807, 2.05) is 6.92 Å². The monoisotopic (exact) mass is 518 g/mol. The highest BCUT2D eigenvalue weighted by Crippen LogP contribution is 2.38. The van der Waals surface area contributed by atoms with Gasteiger partial charge in [-0.1, -0.05) is 35.9 Å². The van der Waals surface area contributed by atoms with Crippen molar-refractivity contribution in [1.82, 2.24) is 5.32 Å². The first-order chi connectivity index (χ1) is 16.7. The number of carbonyl (C=O) groups excluding carboxylic acids is 1. The second kappa shape index (κ2) is 11.3. The summed E-state index contributed by atoms with van der Waals surface area (Å²) in [6, 6.07) is 16.2. The predicted molar refractivity (Wildman–Crippen MR) is 135 cm³/mol. The number of methoxy groups -OCH3 is 3. The van der Waals surface area contributed by atoms with Crippen LogP contribution in [0.25, 0.3) is 0 Å². The summed E-state index contributed by atoms with van der Waals surface area (Å²) in [5.41, 5.74) is 1.76. The Morgan fingerprint density at radius 1 is 0.943 bits per heavy atom. The lowest BCUT2D eigenvalue weighted by Gasteiger charge is -2.24. The number of benzene rings is 3. The average Bonchev–Trinajstić information content (AvgIpc) is 2.87. The first-order valence-corrected chi connectivity index (χ1v) is 12.4. The van der Waals surface area contributed by atoms with Crippen LogP contribution in [0, 0.1) is 6.92 Å². The van der Waals surface area contributed by atoms with Gasteiger partial charge in [0.1, 0.15) is 6.54 Å². The van der Waals surface area contributed by atoms with Crippen molar-refractivity contribution in [3.05, 3.63) is 76.8 Å². The Labute approximate surface area is 210 Å². The molecule has 0 spiro atoms. The van der Waals surface area contributed by atoms with Crippen molar-refractivity contribution in [1.29, 1.82) is 0 Å². The molecule has 0 aliphatic carbocycles. The van der Waals surface area contributed by atoms with Crippen LogP contribution in [0.2, 0.25) is 5.02 Å². The van der Waals surface area contributed by atoms with E-state index in [0.717, 1.165) is 9.87 Å². The van der Waals surface area contributed by atoms with Crippen molar-refractivity contribution in [3.63, 3.8) is 0 Å². The van der Waals surface area contributed by atoms with E-state index >= 15 is 0 Å². The Balaban J connectivity index is 1.87. The minimum Gasteiger partial charge on any atom is -0.493 e. The fourth-order valence-electron chi connectivity index (χ4n) is 3.40. The van der Waals surface area contributed by atoms with Gasteiger partial charge in [0.2, 0.25) is 11.7 Å². The first kappa shape index (κ1) is 26.2. The van der Waals surface area contributed by atoms with Gasteiger partial charge < -0.3 is 19.5 Å². The van der Waals surface area contributed by atoms with Crippen LogP contribution in [0.15, 0.2) is 65.6 Å². The van der Waals surface area contributed by atoms with E-state index in [4.69, 9.17) is 25.8 Å². The summed E-state index contributed by atoms with van der Waals surface area (Å²) in [5, 5.41) is 3.16. The molecular formula is C25H27ClN2O6S. The van der Waals surface area contributed by atoms with E-state index in [0.29, 0.717) is 27.8 Å². The molecule has 1 amide bonds. The zero-order valence-corrected chi connectivity index (χ0v) is 21.4. The molecule has 1 N–H and O–H groups in total. The summed E-state index contributed by atoms with van der Waals surface area (Å²) in [6.07, 6.45) is 0. The van der Waals surface area contributed by atoms with Crippen molar-refractivity contribution < 1.29 is 27.4 Å². The van der Waals surface area contributed by atoms with Gasteiger partial charge in [-0.2, -0.15) is 0 Å². The molecule has 0 atom stereocenters. The minimum absolute atomic E-state index is 0.0640. The molecule has 0 aromatic heterocycles. The molecule has 0 bridgehead atoms. The second-order valence-corrected chi connectivity index (χ2v) is 9.84. The van der Waals surface area contributed by atoms with E-state index in [1.54, 1.807) is 42.5 Å². The number of hydrogen-bond acceptors (Lipinski definition) is 6. The van der Waals surface area contributed by atoms with Crippen LogP contribution in [0.5, 0.6) is 17.2 Å². The summed E-state index contributed by atoms with van der Waals surface area (Å²) >= 11 is 6.26. The Kier molecular flexibility index (Phi) is 8.48. The number of amides is 1. The van der Waals surface area contributed by atoms with Crippen LogP contribution in [0.3, 0.4) is 0 Å². The van der Waals surface area contributed by atoms with Gasteiger partial charge in [0, 0.05) is 11.6 Å². The van der Waals surface area contributed by atoms with E-state index < -0.39 is 22.5 Å². The van der Waals surface area contributed by atoms with Gasteiger partial charge >= 0.3 is 0 Å². The third-order valence-corrected chi connectivity index (χ3v) is 7.47. The molecule has 0 fully saturated rings. The summed E-state index contributed by atoms with van der Waals surface area (Å²) in [6.45, 7) is 1.48. The molecule has 0 heterocycles. The number of anilines is 1. The summed E-state index contributed by atoms with van der Waals surface area (Å²) in [7, 11) is 0.464. The van der Waals surface area contributed by atoms with Crippen LogP contribution in [0.4, 0.5) is 5.69 Å². The summed E-state index contributed by atoms with van der Waals surface area (Å²) < 4.78 is 43.9. The number of rotatable bonds is 10. The number of carbonyl (C=O) groups is 1. The maximum atomic E-state index is 13.4. The zero-order valence-electron chi connectivity index (χ0n) is 19.9. The minimum atomic E-state index is -4.03. The molecule has 3 aromatic carbocycles. The van der Waals surface area contributed by atoms with Gasteiger partial charge in [0.15, 0.2) is 11.5 Å². The Morgan fingerprint density at radius 2 is 1.57 bits per heavy atom. The van der Waals surface area contributed by atoms with E-state index in [9.17, 15) is 13.2 Å². The van der Waals surface area contributed by atoms with Gasteiger partial charge in [0.05, 0.1) is 31.9 Å². The van der Waals surface area contributed by atoms with Crippen LogP contribution in [-0.4, -0.2) is 42.2 Å². The number of nitrogens with zero attached hydrogens (tertiary/aromatic N) is 1. The topological polar surface area (TPSA) is 94.2 Å². The van der Waals surface area contributed by atoms with Gasteiger partial charge in [-0.3, -0.25) is 9.10 Å². The molecule has 0 aliphatic rings. The predicted octanol–water partition coefficient (Wildman–Crippen LogP) is 4.19. The molecule has 0 aliphatic heterocycles. The fraction of sp³-hybridized carbons (Fsp3) is 0.240. The highest BCUT2D eigenvalue weighted by Gasteiger charge is 2.27. The molecule has 0 unspecified atom stereocenters. The fourth-order valence-corrected chi connectivity index (χ4v) is 5.00. The van der Waals surface area contributed by atoms with Crippen molar-refractivity contribution in [2.24, 2.45) is 0 Å². The van der Waals surface area contributed by atoms with Gasteiger partial charge in [0.25, 0.3) is 10.0 Å². The Morgan fingerprint density at radius 3 is 2.11 bits per heavy atom. The highest BCUT2D eigenvalue weighted by molar-refractivity contribution is 7.92. The van der Waals surface area contributed by atoms with E-state index in [2.05, 4.69) is 5.32 Å². The SMILES string of the molecule is COc1cc(CNC(=O)CN(c2ccc(C)c(Cl)c2)S(=O)(=O)c2ccccc2)cc(OC)c1OC. The molecule has 8 nitrogen and oxygen atoms in total. The van der Waals surface area contributed by atoms with E-state index in [-0.39, 0.29) is 17.1 Å². The van der Waals surface area contributed by atoms with Crippen molar-refractivity contribution in [2.45, 2.75) is 18.4 Å². The number of hydrogen-bond donors (Lipinski definition) is 1. The van der Waals surface area contributed by atoms with Crippen molar-refractivity contribution in [2.75, 3.05) is 32.2 Å². The lowest BCUT2D eigenvalue weighted by Crippen LogP contribution is -2.40. The zero-order chi connectivity index (χ0) is 25.6. The van der Waals surface area contributed by atoms with Gasteiger partial charge in [-0.05, 0) is 54.4 Å². The first-order valence-electron chi connectivity index (χ1n) is 10.6. The van der Waals surface area contributed by atoms with Gasteiger partial charge in [-0.15, -0.1) is 0 Å². The maximum Gasteiger partial charge on any atom is 0.264 e. The number of sulfonamides is 1. The van der Waals surface area contributed by atoms with Crippen molar-refractivity contribution in [3.8, 4) is 17.2 Å². The average molecular weight is 519 g/mol. The molecule has 0 saturated heterocycles. The molecule has 186 valence electrons. The number of halogens is 1. The molecular weight excluding hydrogens is 492 g/mol. The largest absolute Gasteiger partial charge is 0.493 e. The third kappa shape index (κ3) is 5.98. The second-order valence-electron chi connectivity index (χ2n) is 7.57. The number of ether oxygens (including phenoxy) is 3. The van der Waals surface area contributed by atoms with E-state index in [1.165, 1.54) is 39.5 Å². The third-order valence-electron chi connectivity index (χ3n) is 5.28. The normalized spacial score (nSPS) is 11.0. The Hall–Kier alpha value is -3.43. The summed E-state index contributed by atoms with van der Waals surface area (Å²) in [4.78, 5) is 13.0. The molecule has 3 rings (SSSR count). The van der Waals surface area contributed by atoms with Crippen LogP contribution >= 0.6 is 11.6 Å². The smallest absolute Gasteiger partial charge is 0.264 e. The molecule has 3 aromatic rings. The molecule has 35 heavy (non-hydrogen) atoms. The standard InChI is InChI=1S/C25H27ClN2O6S/c1-17-10-11-19(14-21(17)26)28(35(30,31)20-8-6-5-7-9-20)16-24(29)27-15-18-12-22(32-2)25(34-4)23(13-18)33-3/h5-14H,15-16H2,1-4H3,(H,27,29).